The molecule has 2 aromatic carbocycles. The lowest BCUT2D eigenvalue weighted by Gasteiger charge is -2.33. The summed E-state index contributed by atoms with van der Waals surface area (Å²) in [7, 11) is -1.32. The predicted molar refractivity (Wildman–Crippen MR) is 132 cm³/mol. The Kier molecular flexibility index (Phi) is 6.64. The van der Waals surface area contributed by atoms with Crippen LogP contribution in [0.4, 0.5) is 0 Å². The summed E-state index contributed by atoms with van der Waals surface area (Å²) in [5.74, 6) is 1.11. The van der Waals surface area contributed by atoms with Crippen LogP contribution < -0.4 is 5.30 Å². The molecule has 0 amide bonds. The number of rotatable bonds is 3. The molecule has 3 rings (SSSR count). The molecule has 0 saturated heterocycles. The van der Waals surface area contributed by atoms with Gasteiger partial charge in [0.05, 0.1) is 0 Å². The SMILES string of the molecule is Cc1cccc([P+](=O)C2CCC(c3cc(C(C)(C)C)cc(C(C)(C)C)c3)C(C)C2)c1. The molecule has 0 aromatic heterocycles. The molecule has 0 heterocycles. The monoisotopic (exact) mass is 423 g/mol. The predicted octanol–water partition coefficient (Wildman–Crippen LogP) is 8.02. The van der Waals surface area contributed by atoms with Gasteiger partial charge in [0.1, 0.15) is 0 Å². The van der Waals surface area contributed by atoms with Crippen LogP contribution in [0.1, 0.15) is 95.9 Å². The summed E-state index contributed by atoms with van der Waals surface area (Å²) in [5.41, 5.74) is 6.15. The number of aryl methyl sites for hydroxylation is 1. The van der Waals surface area contributed by atoms with Gasteiger partial charge in [0.2, 0.25) is 0 Å². The number of hydrogen-bond donors (Lipinski definition) is 0. The van der Waals surface area contributed by atoms with Crippen molar-refractivity contribution in [2.45, 2.75) is 97.1 Å². The molecule has 1 nitrogen and oxygen atoms in total. The molecule has 0 radical (unpaired) electrons. The largest absolute Gasteiger partial charge is 0.380 e. The van der Waals surface area contributed by atoms with Crippen LogP contribution in [0.2, 0.25) is 0 Å². The molecule has 0 bridgehead atoms. The Morgan fingerprint density at radius 3 is 1.97 bits per heavy atom. The van der Waals surface area contributed by atoms with Gasteiger partial charge in [0.15, 0.2) is 11.0 Å². The quantitative estimate of drug-likeness (QED) is 0.457. The van der Waals surface area contributed by atoms with Crippen LogP contribution in [0.5, 0.6) is 0 Å². The molecule has 1 aliphatic carbocycles. The van der Waals surface area contributed by atoms with Gasteiger partial charge in [-0.3, -0.25) is 0 Å². The molecule has 4 atom stereocenters. The minimum absolute atomic E-state index is 0.144. The lowest BCUT2D eigenvalue weighted by atomic mass is 9.72. The van der Waals surface area contributed by atoms with E-state index in [-0.39, 0.29) is 10.8 Å². The van der Waals surface area contributed by atoms with Crippen molar-refractivity contribution < 1.29 is 4.57 Å². The smallest absolute Gasteiger partial charge is 0.0678 e. The maximum Gasteiger partial charge on any atom is 0.380 e. The van der Waals surface area contributed by atoms with Gasteiger partial charge in [0.25, 0.3) is 0 Å². The molecule has 2 aromatic rings. The van der Waals surface area contributed by atoms with Crippen LogP contribution in [-0.2, 0) is 15.4 Å². The highest BCUT2D eigenvalue weighted by molar-refractivity contribution is 7.54. The van der Waals surface area contributed by atoms with Crippen LogP contribution in [0, 0.1) is 12.8 Å². The van der Waals surface area contributed by atoms with E-state index in [1.807, 2.05) is 12.1 Å². The lowest BCUT2D eigenvalue weighted by molar-refractivity contribution is 0.332. The molecule has 1 aliphatic rings. The van der Waals surface area contributed by atoms with E-state index in [1.54, 1.807) is 0 Å². The first kappa shape index (κ1) is 23.2. The third kappa shape index (κ3) is 5.23. The van der Waals surface area contributed by atoms with Gasteiger partial charge in [-0.2, -0.15) is 0 Å². The first-order valence-electron chi connectivity index (χ1n) is 11.6. The van der Waals surface area contributed by atoms with Crippen molar-refractivity contribution in [1.82, 2.24) is 0 Å². The zero-order valence-corrected chi connectivity index (χ0v) is 21.1. The fourth-order valence-electron chi connectivity index (χ4n) is 4.78. The van der Waals surface area contributed by atoms with Gasteiger partial charge in [-0.15, -0.1) is 0 Å². The average Bonchev–Trinajstić information content (AvgIpc) is 2.65. The number of hydrogen-bond acceptors (Lipinski definition) is 1. The maximum atomic E-state index is 13.3. The second-order valence-corrected chi connectivity index (χ2v) is 13.5. The molecule has 0 N–H and O–H groups in total. The summed E-state index contributed by atoms with van der Waals surface area (Å²) in [6, 6.07) is 15.6. The topological polar surface area (TPSA) is 17.1 Å². The standard InChI is InChI=1S/C28H40OP/c1-19-10-9-11-24(14-19)30(29)25-12-13-26(20(2)15-25)21-16-22(27(3,4)5)18-23(17-21)28(6,7)8/h9-11,14,16-18,20,25-26H,12-13,15H2,1-8H3/q+1. The van der Waals surface area contributed by atoms with Crippen molar-refractivity contribution in [3.63, 3.8) is 0 Å². The zero-order chi connectivity index (χ0) is 22.3. The first-order chi connectivity index (χ1) is 13.9. The van der Waals surface area contributed by atoms with Crippen molar-refractivity contribution in [3.8, 4) is 0 Å². The van der Waals surface area contributed by atoms with E-state index < -0.39 is 7.80 Å². The zero-order valence-electron chi connectivity index (χ0n) is 20.3. The molecule has 1 fully saturated rings. The van der Waals surface area contributed by atoms with Crippen LogP contribution in [0.3, 0.4) is 0 Å². The third-order valence-corrected chi connectivity index (χ3v) is 8.76. The highest BCUT2D eigenvalue weighted by Crippen LogP contribution is 2.47. The van der Waals surface area contributed by atoms with Crippen molar-refractivity contribution in [2.24, 2.45) is 5.92 Å². The molecule has 2 heteroatoms. The Bertz CT molecular complexity index is 881. The van der Waals surface area contributed by atoms with E-state index in [1.165, 1.54) is 22.3 Å². The van der Waals surface area contributed by atoms with E-state index in [0.717, 1.165) is 24.6 Å². The van der Waals surface area contributed by atoms with E-state index in [0.29, 0.717) is 17.5 Å². The van der Waals surface area contributed by atoms with Gasteiger partial charge < -0.3 is 0 Å². The summed E-state index contributed by atoms with van der Waals surface area (Å²) in [6.07, 6.45) is 3.25. The summed E-state index contributed by atoms with van der Waals surface area (Å²) in [4.78, 5) is 0. The van der Waals surface area contributed by atoms with E-state index in [9.17, 15) is 4.57 Å². The molecule has 0 spiro atoms. The van der Waals surface area contributed by atoms with Gasteiger partial charge >= 0.3 is 7.80 Å². The lowest BCUT2D eigenvalue weighted by Crippen LogP contribution is -2.26. The Morgan fingerprint density at radius 1 is 0.867 bits per heavy atom. The molecular weight excluding hydrogens is 383 g/mol. The normalized spacial score (nSPS) is 23.3. The van der Waals surface area contributed by atoms with E-state index in [2.05, 4.69) is 85.7 Å². The summed E-state index contributed by atoms with van der Waals surface area (Å²) in [5, 5.41) is 1.03. The highest BCUT2D eigenvalue weighted by atomic mass is 31.1. The minimum atomic E-state index is -1.32. The number of benzene rings is 2. The fraction of sp³-hybridized carbons (Fsp3) is 0.571. The maximum absolute atomic E-state index is 13.3. The molecular formula is C28H40OP+. The van der Waals surface area contributed by atoms with Gasteiger partial charge in [-0.25, -0.2) is 0 Å². The van der Waals surface area contributed by atoms with Gasteiger partial charge in [0, 0.05) is 0 Å². The van der Waals surface area contributed by atoms with Crippen molar-refractivity contribution in [2.75, 3.05) is 0 Å². The fourth-order valence-corrected chi connectivity index (χ4v) is 6.68. The van der Waals surface area contributed by atoms with Crippen molar-refractivity contribution >= 4 is 13.1 Å². The Morgan fingerprint density at radius 2 is 1.47 bits per heavy atom. The summed E-state index contributed by atoms with van der Waals surface area (Å²) in [6.45, 7) is 18.3. The van der Waals surface area contributed by atoms with Crippen LogP contribution in [-0.4, -0.2) is 5.66 Å². The molecule has 4 unspecified atom stereocenters. The van der Waals surface area contributed by atoms with Crippen LogP contribution >= 0.6 is 7.80 Å². The van der Waals surface area contributed by atoms with Crippen molar-refractivity contribution in [3.05, 3.63) is 64.7 Å². The first-order valence-corrected chi connectivity index (χ1v) is 12.9. The van der Waals surface area contributed by atoms with Crippen LogP contribution in [0.25, 0.3) is 0 Å². The van der Waals surface area contributed by atoms with Crippen LogP contribution in [0.15, 0.2) is 42.5 Å². The molecule has 30 heavy (non-hydrogen) atoms. The van der Waals surface area contributed by atoms with E-state index >= 15 is 0 Å². The average molecular weight is 424 g/mol. The molecule has 162 valence electrons. The Balaban J connectivity index is 1.85. The molecule has 1 saturated carbocycles. The Hall–Kier alpha value is -1.46. The van der Waals surface area contributed by atoms with Gasteiger partial charge in [-0.1, -0.05) is 83.4 Å². The van der Waals surface area contributed by atoms with Crippen molar-refractivity contribution in [1.29, 1.82) is 0 Å². The second-order valence-electron chi connectivity index (χ2n) is 11.6. The minimum Gasteiger partial charge on any atom is -0.0678 e. The summed E-state index contributed by atoms with van der Waals surface area (Å²) >= 11 is 0. The Labute approximate surface area is 185 Å². The highest BCUT2D eigenvalue weighted by Gasteiger charge is 2.40. The van der Waals surface area contributed by atoms with Gasteiger partial charge in [-0.05, 0) is 83.2 Å². The second kappa shape index (κ2) is 8.58. The summed E-state index contributed by atoms with van der Waals surface area (Å²) < 4.78 is 13.3. The molecule has 0 aliphatic heterocycles. The van der Waals surface area contributed by atoms with E-state index in [4.69, 9.17) is 0 Å². The third-order valence-electron chi connectivity index (χ3n) is 6.84.